The molecule has 1 unspecified atom stereocenters. The summed E-state index contributed by atoms with van der Waals surface area (Å²) in [6.07, 6.45) is 12.4. The predicted octanol–water partition coefficient (Wildman–Crippen LogP) is 7.71. The number of nitrogens with zero attached hydrogens (tertiary/aromatic N) is 2. The SMILES string of the molecule is CC1(C)CCCC(C)(C)N1OC(=O)C(CCC/C=C/c1ccccc1)ON1C(C)(C)CCCC1(C)C. The number of hydroxylamine groups is 4. The average Bonchev–Trinajstić information content (AvgIpc) is 2.77. The Labute approximate surface area is 220 Å². The van der Waals surface area contributed by atoms with E-state index >= 15 is 0 Å². The van der Waals surface area contributed by atoms with Crippen molar-refractivity contribution in [2.45, 2.75) is 141 Å². The lowest BCUT2D eigenvalue weighted by Crippen LogP contribution is -2.61. The summed E-state index contributed by atoms with van der Waals surface area (Å²) in [6, 6.07) is 10.3. The molecule has 202 valence electrons. The van der Waals surface area contributed by atoms with Crippen molar-refractivity contribution in [1.82, 2.24) is 10.1 Å². The summed E-state index contributed by atoms with van der Waals surface area (Å²) in [5.41, 5.74) is 0.499. The first-order chi connectivity index (χ1) is 16.7. The van der Waals surface area contributed by atoms with Gasteiger partial charge in [0.1, 0.15) is 0 Å². The lowest BCUT2D eigenvalue weighted by atomic mass is 9.82. The summed E-state index contributed by atoms with van der Waals surface area (Å²) in [5, 5.41) is 4.05. The zero-order chi connectivity index (χ0) is 26.6. The van der Waals surface area contributed by atoms with E-state index in [-0.39, 0.29) is 28.1 Å². The maximum atomic E-state index is 13.7. The topological polar surface area (TPSA) is 42.0 Å². The van der Waals surface area contributed by atoms with E-state index in [1.165, 1.54) is 5.56 Å². The van der Waals surface area contributed by atoms with Gasteiger partial charge in [0, 0.05) is 11.1 Å². The van der Waals surface area contributed by atoms with Crippen LogP contribution in [0.2, 0.25) is 0 Å². The molecule has 0 aromatic heterocycles. The Kier molecular flexibility index (Phi) is 9.12. The van der Waals surface area contributed by atoms with Crippen molar-refractivity contribution in [2.24, 2.45) is 0 Å². The van der Waals surface area contributed by atoms with Gasteiger partial charge in [-0.25, -0.2) is 4.79 Å². The minimum Gasteiger partial charge on any atom is -0.364 e. The smallest absolute Gasteiger partial charge is 0.356 e. The first kappa shape index (κ1) is 28.9. The van der Waals surface area contributed by atoms with Crippen LogP contribution >= 0.6 is 0 Å². The lowest BCUT2D eigenvalue weighted by Gasteiger charge is -2.53. The summed E-state index contributed by atoms with van der Waals surface area (Å²) in [5.74, 6) is -0.276. The van der Waals surface area contributed by atoms with Crippen LogP contribution in [-0.2, 0) is 14.5 Å². The van der Waals surface area contributed by atoms with Gasteiger partial charge in [-0.1, -0.05) is 42.5 Å². The van der Waals surface area contributed by atoms with Gasteiger partial charge in [0.05, 0.1) is 11.1 Å². The van der Waals surface area contributed by atoms with Crippen molar-refractivity contribution in [1.29, 1.82) is 0 Å². The molecule has 2 aliphatic heterocycles. The Morgan fingerprint density at radius 1 is 0.833 bits per heavy atom. The van der Waals surface area contributed by atoms with Gasteiger partial charge in [0.25, 0.3) is 0 Å². The molecule has 3 rings (SSSR count). The van der Waals surface area contributed by atoms with Crippen molar-refractivity contribution in [2.75, 3.05) is 0 Å². The van der Waals surface area contributed by atoms with Gasteiger partial charge in [0.2, 0.25) is 0 Å². The summed E-state index contributed by atoms with van der Waals surface area (Å²) in [7, 11) is 0. The first-order valence-corrected chi connectivity index (χ1v) is 14.0. The highest BCUT2D eigenvalue weighted by atomic mass is 16.8. The van der Waals surface area contributed by atoms with Crippen LogP contribution in [0.15, 0.2) is 36.4 Å². The molecule has 0 aliphatic carbocycles. The van der Waals surface area contributed by atoms with Crippen LogP contribution in [0.3, 0.4) is 0 Å². The van der Waals surface area contributed by atoms with E-state index in [1.807, 2.05) is 23.3 Å². The highest BCUT2D eigenvalue weighted by molar-refractivity contribution is 5.74. The minimum absolute atomic E-state index is 0.142. The molecule has 2 aliphatic rings. The Hall–Kier alpha value is -1.69. The van der Waals surface area contributed by atoms with Crippen molar-refractivity contribution < 1.29 is 14.5 Å². The molecule has 0 N–H and O–H groups in total. The van der Waals surface area contributed by atoms with Gasteiger partial charge in [0.15, 0.2) is 6.10 Å². The largest absolute Gasteiger partial charge is 0.364 e. The molecule has 0 bridgehead atoms. The first-order valence-electron chi connectivity index (χ1n) is 14.0. The molecular formula is C31H50N2O3. The summed E-state index contributed by atoms with van der Waals surface area (Å²) >= 11 is 0. The van der Waals surface area contributed by atoms with Crippen molar-refractivity contribution >= 4 is 12.0 Å². The van der Waals surface area contributed by atoms with Crippen molar-refractivity contribution in [3.8, 4) is 0 Å². The number of hydrogen-bond donors (Lipinski definition) is 0. The third-order valence-electron chi connectivity index (χ3n) is 7.98. The third-order valence-corrected chi connectivity index (χ3v) is 7.98. The number of benzene rings is 1. The molecular weight excluding hydrogens is 448 g/mol. The second-order valence-corrected chi connectivity index (χ2v) is 13.3. The summed E-state index contributed by atoms with van der Waals surface area (Å²) in [6.45, 7) is 17.5. The Morgan fingerprint density at radius 2 is 1.33 bits per heavy atom. The maximum Gasteiger partial charge on any atom is 0.356 e. The van der Waals surface area contributed by atoms with Crippen LogP contribution in [0.4, 0.5) is 0 Å². The predicted molar refractivity (Wildman–Crippen MR) is 148 cm³/mol. The van der Waals surface area contributed by atoms with Gasteiger partial charge in [-0.05, 0) is 119 Å². The van der Waals surface area contributed by atoms with Crippen molar-refractivity contribution in [3.05, 3.63) is 42.0 Å². The summed E-state index contributed by atoms with van der Waals surface area (Å²) in [4.78, 5) is 26.6. The van der Waals surface area contributed by atoms with Crippen LogP contribution in [0, 0.1) is 0 Å². The third kappa shape index (κ3) is 7.20. The number of piperidine rings is 2. The van der Waals surface area contributed by atoms with Crippen molar-refractivity contribution in [3.63, 3.8) is 0 Å². The van der Waals surface area contributed by atoms with E-state index in [1.54, 1.807) is 0 Å². The number of rotatable bonds is 9. The van der Waals surface area contributed by atoms with Crippen LogP contribution < -0.4 is 0 Å². The van der Waals surface area contributed by atoms with E-state index in [2.05, 4.69) is 84.7 Å². The van der Waals surface area contributed by atoms with Crippen LogP contribution in [-0.4, -0.2) is 44.4 Å². The van der Waals surface area contributed by atoms with Gasteiger partial charge < -0.3 is 4.84 Å². The number of unbranched alkanes of at least 4 members (excludes halogenated alkanes) is 1. The van der Waals surface area contributed by atoms with Gasteiger partial charge in [-0.2, -0.15) is 5.06 Å². The number of allylic oxidation sites excluding steroid dienone is 1. The Balaban J connectivity index is 1.74. The molecule has 2 fully saturated rings. The molecule has 36 heavy (non-hydrogen) atoms. The van der Waals surface area contributed by atoms with Gasteiger partial charge >= 0.3 is 5.97 Å². The van der Waals surface area contributed by atoms with E-state index in [0.29, 0.717) is 6.42 Å². The fourth-order valence-electron chi connectivity index (χ4n) is 6.18. The molecule has 1 aromatic carbocycles. The number of carbonyl (C=O) groups excluding carboxylic acids is 1. The zero-order valence-corrected chi connectivity index (χ0v) is 24.1. The molecule has 1 aromatic rings. The lowest BCUT2D eigenvalue weighted by molar-refractivity contribution is -0.319. The van der Waals surface area contributed by atoms with E-state index in [0.717, 1.165) is 51.4 Å². The molecule has 0 saturated carbocycles. The maximum absolute atomic E-state index is 13.7. The molecule has 5 heteroatoms. The fraction of sp³-hybridized carbons (Fsp3) is 0.710. The highest BCUT2D eigenvalue weighted by Crippen LogP contribution is 2.41. The molecule has 5 nitrogen and oxygen atoms in total. The second-order valence-electron chi connectivity index (χ2n) is 13.3. The molecule has 0 spiro atoms. The van der Waals surface area contributed by atoms with E-state index in [9.17, 15) is 4.79 Å². The standard InChI is InChI=1S/C31H50N2O3/c1-28(2)21-15-22-29(3,4)32(28)35-26(20-14-10-13-19-25-17-11-9-12-18-25)27(34)36-33-30(5,6)23-16-24-31(33,7)8/h9,11-13,17-19,26H,10,14-16,20-24H2,1-8H3/b19-13+. The number of hydrogen-bond acceptors (Lipinski definition) is 5. The van der Waals surface area contributed by atoms with Crippen LogP contribution in [0.5, 0.6) is 0 Å². The highest BCUT2D eigenvalue weighted by Gasteiger charge is 2.47. The van der Waals surface area contributed by atoms with E-state index in [4.69, 9.17) is 9.68 Å². The second kappa shape index (κ2) is 11.4. The average molecular weight is 499 g/mol. The monoisotopic (exact) mass is 498 g/mol. The zero-order valence-electron chi connectivity index (χ0n) is 24.1. The molecule has 0 amide bonds. The Bertz CT molecular complexity index is 856. The van der Waals surface area contributed by atoms with Gasteiger partial charge in [-0.15, -0.1) is 5.06 Å². The number of carbonyl (C=O) groups is 1. The van der Waals surface area contributed by atoms with E-state index < -0.39 is 6.10 Å². The minimum atomic E-state index is -0.639. The van der Waals surface area contributed by atoms with Crippen LogP contribution in [0.25, 0.3) is 6.08 Å². The molecule has 2 saturated heterocycles. The molecule has 2 heterocycles. The van der Waals surface area contributed by atoms with Crippen LogP contribution in [0.1, 0.15) is 119 Å². The Morgan fingerprint density at radius 3 is 1.86 bits per heavy atom. The normalized spacial score (nSPS) is 24.4. The molecule has 0 radical (unpaired) electrons. The molecule has 1 atom stereocenters. The van der Waals surface area contributed by atoms with Gasteiger partial charge in [-0.3, -0.25) is 4.84 Å². The summed E-state index contributed by atoms with van der Waals surface area (Å²) < 4.78 is 0. The fourth-order valence-corrected chi connectivity index (χ4v) is 6.18. The quantitative estimate of drug-likeness (QED) is 0.326.